The molecule has 0 amide bonds. The van der Waals surface area contributed by atoms with Crippen LogP contribution in [0.2, 0.25) is 0 Å². The maximum Gasteiger partial charge on any atom is 0.166 e. The highest BCUT2D eigenvalue weighted by molar-refractivity contribution is 7.09. The summed E-state index contributed by atoms with van der Waals surface area (Å²) in [5.74, 6) is 1.19. The molecule has 0 bridgehead atoms. The van der Waals surface area contributed by atoms with Gasteiger partial charge in [0.25, 0.3) is 0 Å². The van der Waals surface area contributed by atoms with E-state index in [2.05, 4.69) is 9.97 Å². The molecule has 0 spiro atoms. The number of ketones is 2. The minimum Gasteiger partial charge on any atom is -0.493 e. The molecule has 1 fully saturated rings. The Morgan fingerprint density at radius 1 is 1.09 bits per heavy atom. The summed E-state index contributed by atoms with van der Waals surface area (Å²) in [4.78, 5) is 34.4. The van der Waals surface area contributed by atoms with Crippen LogP contribution in [0, 0.1) is 12.8 Å². The summed E-state index contributed by atoms with van der Waals surface area (Å²) < 4.78 is 5.69. The average molecular weight is 449 g/mol. The highest BCUT2D eigenvalue weighted by Crippen LogP contribution is 2.29. The van der Waals surface area contributed by atoms with Crippen LogP contribution in [0.4, 0.5) is 0 Å². The third kappa shape index (κ3) is 5.88. The van der Waals surface area contributed by atoms with Gasteiger partial charge in [0.1, 0.15) is 16.5 Å². The van der Waals surface area contributed by atoms with Gasteiger partial charge in [-0.3, -0.25) is 14.6 Å². The fourth-order valence-electron chi connectivity index (χ4n) is 4.18. The second-order valence-electron chi connectivity index (χ2n) is 8.41. The van der Waals surface area contributed by atoms with Crippen molar-refractivity contribution >= 4 is 22.9 Å². The molecule has 2 heterocycles. The van der Waals surface area contributed by atoms with E-state index in [-0.39, 0.29) is 23.9 Å². The molecule has 1 aliphatic carbocycles. The molecule has 1 aliphatic rings. The van der Waals surface area contributed by atoms with E-state index in [1.807, 2.05) is 42.6 Å². The van der Waals surface area contributed by atoms with Gasteiger partial charge in [0.2, 0.25) is 0 Å². The number of carbonyl (C=O) groups is 2. The molecule has 0 radical (unpaired) electrons. The molecule has 32 heavy (non-hydrogen) atoms. The summed E-state index contributed by atoms with van der Waals surface area (Å²) in [5.41, 5.74) is 3.57. The van der Waals surface area contributed by atoms with Crippen LogP contribution >= 0.6 is 11.3 Å². The van der Waals surface area contributed by atoms with E-state index in [1.54, 1.807) is 12.4 Å². The fraction of sp³-hybridized carbons (Fsp3) is 0.385. The van der Waals surface area contributed by atoms with E-state index < -0.39 is 0 Å². The number of carbonyl (C=O) groups excluding carboxylic acids is 2. The summed E-state index contributed by atoms with van der Waals surface area (Å²) in [6.07, 6.45) is 8.82. The molecule has 0 atom stereocenters. The van der Waals surface area contributed by atoms with Crippen molar-refractivity contribution in [3.8, 4) is 5.75 Å². The maximum absolute atomic E-state index is 13.0. The second-order valence-corrected chi connectivity index (χ2v) is 9.36. The van der Waals surface area contributed by atoms with Crippen LogP contribution in [0.5, 0.6) is 5.75 Å². The Morgan fingerprint density at radius 3 is 2.66 bits per heavy atom. The Morgan fingerprint density at radius 2 is 1.88 bits per heavy atom. The van der Waals surface area contributed by atoms with Gasteiger partial charge in [0, 0.05) is 42.1 Å². The van der Waals surface area contributed by atoms with Gasteiger partial charge in [-0.05, 0) is 43.5 Å². The zero-order valence-electron chi connectivity index (χ0n) is 18.4. The van der Waals surface area contributed by atoms with E-state index in [9.17, 15) is 9.59 Å². The monoisotopic (exact) mass is 448 g/mol. The third-order valence-electron chi connectivity index (χ3n) is 5.87. The molecule has 0 unspecified atom stereocenters. The van der Waals surface area contributed by atoms with Gasteiger partial charge in [0.05, 0.1) is 18.7 Å². The smallest absolute Gasteiger partial charge is 0.166 e. The molecule has 0 aliphatic heterocycles. The molecule has 3 aromatic rings. The Hall–Kier alpha value is -2.86. The van der Waals surface area contributed by atoms with E-state index >= 15 is 0 Å². The molecule has 6 heteroatoms. The van der Waals surface area contributed by atoms with E-state index in [4.69, 9.17) is 4.74 Å². The van der Waals surface area contributed by atoms with Gasteiger partial charge >= 0.3 is 0 Å². The quantitative estimate of drug-likeness (QED) is 0.399. The van der Waals surface area contributed by atoms with Crippen molar-refractivity contribution in [2.75, 3.05) is 6.61 Å². The number of nitrogens with zero attached hydrogens (tertiary/aromatic N) is 2. The van der Waals surface area contributed by atoms with Crippen LogP contribution < -0.4 is 4.74 Å². The molecule has 4 rings (SSSR count). The van der Waals surface area contributed by atoms with Gasteiger partial charge in [-0.2, -0.15) is 0 Å². The summed E-state index contributed by atoms with van der Waals surface area (Å²) in [7, 11) is 0. The lowest BCUT2D eigenvalue weighted by atomic mass is 9.90. The van der Waals surface area contributed by atoms with Gasteiger partial charge < -0.3 is 4.74 Å². The Labute approximate surface area is 192 Å². The van der Waals surface area contributed by atoms with E-state index in [0.717, 1.165) is 58.8 Å². The second kappa shape index (κ2) is 10.6. The normalized spacial score (nSPS) is 13.9. The molecule has 5 nitrogen and oxygen atoms in total. The average Bonchev–Trinajstić information content (AvgIpc) is 3.48. The van der Waals surface area contributed by atoms with Crippen LogP contribution in [-0.2, 0) is 24.1 Å². The number of Topliss-reactive ketones (excluding diaryl/α,β-unsaturated/α-hetero) is 2. The Kier molecular flexibility index (Phi) is 7.43. The Balaban J connectivity index is 1.33. The first kappa shape index (κ1) is 22.3. The highest BCUT2D eigenvalue weighted by atomic mass is 32.1. The van der Waals surface area contributed by atoms with Crippen LogP contribution in [0.15, 0.2) is 48.1 Å². The first-order valence-electron chi connectivity index (χ1n) is 11.2. The van der Waals surface area contributed by atoms with Crippen LogP contribution in [0.1, 0.15) is 57.9 Å². The fourth-order valence-corrected chi connectivity index (χ4v) is 5.04. The standard InChI is InChI=1S/C26H28N2O3S/c1-18-6-7-20(24(14-18)26(30)19-4-2-3-5-19)15-22(29)16-25-28-21(17-32-25)10-13-31-23-8-11-27-12-9-23/h6-9,11-12,14,17,19H,2-5,10,13,15-16H2,1H3. The molecule has 2 aromatic heterocycles. The lowest BCUT2D eigenvalue weighted by Gasteiger charge is -2.13. The van der Waals surface area contributed by atoms with Crippen molar-refractivity contribution in [2.24, 2.45) is 5.92 Å². The number of benzene rings is 1. The summed E-state index contributed by atoms with van der Waals surface area (Å²) in [6.45, 7) is 2.52. The van der Waals surface area contributed by atoms with E-state index in [0.29, 0.717) is 19.4 Å². The predicted octanol–water partition coefficient (Wildman–Crippen LogP) is 5.20. The van der Waals surface area contributed by atoms with Crippen molar-refractivity contribution < 1.29 is 14.3 Å². The molecule has 0 saturated heterocycles. The number of aryl methyl sites for hydroxylation is 1. The van der Waals surface area contributed by atoms with E-state index in [1.165, 1.54) is 11.3 Å². The lowest BCUT2D eigenvalue weighted by Crippen LogP contribution is -2.16. The maximum atomic E-state index is 13.0. The number of hydrogen-bond acceptors (Lipinski definition) is 6. The lowest BCUT2D eigenvalue weighted by molar-refractivity contribution is -0.117. The number of hydrogen-bond donors (Lipinski definition) is 0. The first-order valence-corrected chi connectivity index (χ1v) is 12.1. The summed E-state index contributed by atoms with van der Waals surface area (Å²) in [5, 5.41) is 2.80. The van der Waals surface area contributed by atoms with Crippen LogP contribution in [0.3, 0.4) is 0 Å². The predicted molar refractivity (Wildman–Crippen MR) is 125 cm³/mol. The van der Waals surface area contributed by atoms with Crippen molar-refractivity contribution in [3.63, 3.8) is 0 Å². The summed E-state index contributed by atoms with van der Waals surface area (Å²) in [6, 6.07) is 9.52. The molecule has 1 aromatic carbocycles. The topological polar surface area (TPSA) is 69.2 Å². The number of thiazole rings is 1. The first-order chi connectivity index (χ1) is 15.6. The molecule has 1 saturated carbocycles. The third-order valence-corrected chi connectivity index (χ3v) is 6.77. The highest BCUT2D eigenvalue weighted by Gasteiger charge is 2.26. The minimum atomic E-state index is 0.0864. The van der Waals surface area contributed by atoms with Crippen molar-refractivity contribution in [2.45, 2.75) is 51.9 Å². The molecule has 166 valence electrons. The van der Waals surface area contributed by atoms with Gasteiger partial charge in [-0.25, -0.2) is 4.98 Å². The molecular formula is C26H28N2O3S. The van der Waals surface area contributed by atoms with Crippen LogP contribution in [-0.4, -0.2) is 28.1 Å². The van der Waals surface area contributed by atoms with Crippen molar-refractivity contribution in [3.05, 3.63) is 75.5 Å². The number of aromatic nitrogens is 2. The SMILES string of the molecule is Cc1ccc(CC(=O)Cc2nc(CCOc3ccncc3)cs2)c(C(=O)C2CCCC2)c1. The zero-order chi connectivity index (χ0) is 22.3. The molecule has 0 N–H and O–H groups in total. The largest absolute Gasteiger partial charge is 0.493 e. The minimum absolute atomic E-state index is 0.0864. The number of ether oxygens (including phenoxy) is 1. The van der Waals surface area contributed by atoms with Crippen LogP contribution in [0.25, 0.3) is 0 Å². The number of rotatable bonds is 10. The Bertz CT molecular complexity index is 1070. The molecular weight excluding hydrogens is 420 g/mol. The van der Waals surface area contributed by atoms with Gasteiger partial charge in [-0.1, -0.05) is 30.5 Å². The van der Waals surface area contributed by atoms with Crippen molar-refractivity contribution in [1.29, 1.82) is 0 Å². The van der Waals surface area contributed by atoms with Gasteiger partial charge in [0.15, 0.2) is 5.78 Å². The van der Waals surface area contributed by atoms with Crippen molar-refractivity contribution in [1.82, 2.24) is 9.97 Å². The summed E-state index contributed by atoms with van der Waals surface area (Å²) >= 11 is 1.50. The number of pyridine rings is 1. The van der Waals surface area contributed by atoms with Gasteiger partial charge in [-0.15, -0.1) is 11.3 Å². The zero-order valence-corrected chi connectivity index (χ0v) is 19.2.